The Bertz CT molecular complexity index is 280. The van der Waals surface area contributed by atoms with Crippen molar-refractivity contribution < 1.29 is 13.9 Å². The molecule has 0 fully saturated rings. The van der Waals surface area contributed by atoms with E-state index in [0.29, 0.717) is 9.13 Å². The number of aliphatic hydroxyl groups excluding tert-OH is 1. The van der Waals surface area contributed by atoms with Crippen molar-refractivity contribution in [2.75, 3.05) is 0 Å². The number of pyridine rings is 1. The van der Waals surface area contributed by atoms with Crippen LogP contribution in [0.1, 0.15) is 17.6 Å². The van der Waals surface area contributed by atoms with E-state index < -0.39 is 6.43 Å². The summed E-state index contributed by atoms with van der Waals surface area (Å²) < 4.78 is 24.8. The van der Waals surface area contributed by atoms with E-state index in [0.717, 1.165) is 6.20 Å². The van der Waals surface area contributed by atoms with Crippen LogP contribution < -0.4 is 0 Å². The highest BCUT2D eigenvalue weighted by molar-refractivity contribution is 14.1. The van der Waals surface area contributed by atoms with Crippen LogP contribution >= 0.6 is 22.6 Å². The molecule has 0 unspecified atom stereocenters. The van der Waals surface area contributed by atoms with Crippen LogP contribution in [0.5, 0.6) is 0 Å². The number of aliphatic hydroxyl groups is 1. The van der Waals surface area contributed by atoms with Crippen molar-refractivity contribution in [1.82, 2.24) is 4.98 Å². The zero-order valence-electron chi connectivity index (χ0n) is 5.97. The molecule has 0 aliphatic heterocycles. The lowest BCUT2D eigenvalue weighted by Crippen LogP contribution is -1.97. The van der Waals surface area contributed by atoms with Gasteiger partial charge in [-0.3, -0.25) is 4.98 Å². The number of hydrogen-bond acceptors (Lipinski definition) is 2. The Morgan fingerprint density at radius 1 is 1.50 bits per heavy atom. The first-order valence-electron chi connectivity index (χ1n) is 3.18. The van der Waals surface area contributed by atoms with E-state index in [2.05, 4.69) is 4.98 Å². The number of rotatable bonds is 2. The molecule has 0 saturated heterocycles. The number of nitrogens with zero attached hydrogens (tertiary/aromatic N) is 1. The maximum absolute atomic E-state index is 12.2. The molecule has 0 amide bonds. The molecule has 1 rings (SSSR count). The van der Waals surface area contributed by atoms with Gasteiger partial charge in [0.1, 0.15) is 0 Å². The maximum Gasteiger partial charge on any atom is 0.266 e. The molecule has 0 aromatic carbocycles. The summed E-state index contributed by atoms with van der Waals surface area (Å²) in [4.78, 5) is 3.59. The molecule has 0 radical (unpaired) electrons. The molecule has 66 valence electrons. The summed E-state index contributed by atoms with van der Waals surface area (Å²) in [7, 11) is 0. The monoisotopic (exact) mass is 285 g/mol. The quantitative estimate of drug-likeness (QED) is 0.844. The van der Waals surface area contributed by atoms with Crippen LogP contribution in [-0.4, -0.2) is 10.1 Å². The van der Waals surface area contributed by atoms with Gasteiger partial charge < -0.3 is 5.11 Å². The fourth-order valence-corrected chi connectivity index (χ4v) is 1.45. The maximum atomic E-state index is 12.2. The summed E-state index contributed by atoms with van der Waals surface area (Å²) in [6, 6.07) is 0. The lowest BCUT2D eigenvalue weighted by atomic mass is 10.2. The molecule has 0 spiro atoms. The second kappa shape index (κ2) is 4.08. The Labute approximate surface area is 81.8 Å². The van der Waals surface area contributed by atoms with Crippen molar-refractivity contribution >= 4 is 22.6 Å². The van der Waals surface area contributed by atoms with Crippen molar-refractivity contribution in [1.29, 1.82) is 0 Å². The van der Waals surface area contributed by atoms with E-state index in [1.165, 1.54) is 6.20 Å². The van der Waals surface area contributed by atoms with Gasteiger partial charge in [-0.2, -0.15) is 0 Å². The third kappa shape index (κ3) is 1.89. The van der Waals surface area contributed by atoms with Gasteiger partial charge in [0.25, 0.3) is 6.43 Å². The van der Waals surface area contributed by atoms with Gasteiger partial charge in [0.2, 0.25) is 0 Å². The average Bonchev–Trinajstić information content (AvgIpc) is 2.04. The smallest absolute Gasteiger partial charge is 0.266 e. The standard InChI is InChI=1S/C7H6F2INO/c8-7(9)5-2-11-1-4(3-12)6(5)10/h1-2,7,12H,3H2. The number of aromatic nitrogens is 1. The molecular formula is C7H6F2INO. The minimum atomic E-state index is -2.53. The minimum absolute atomic E-state index is 0.123. The first kappa shape index (κ1) is 9.79. The molecule has 0 aliphatic rings. The molecule has 0 atom stereocenters. The number of alkyl halides is 2. The van der Waals surface area contributed by atoms with E-state index in [4.69, 9.17) is 5.11 Å². The molecule has 1 N–H and O–H groups in total. The van der Waals surface area contributed by atoms with Crippen molar-refractivity contribution in [3.63, 3.8) is 0 Å². The first-order valence-corrected chi connectivity index (χ1v) is 4.26. The van der Waals surface area contributed by atoms with Crippen LogP contribution in [0.2, 0.25) is 0 Å². The van der Waals surface area contributed by atoms with Gasteiger partial charge in [0, 0.05) is 27.1 Å². The third-order valence-electron chi connectivity index (χ3n) is 1.38. The minimum Gasteiger partial charge on any atom is -0.392 e. The van der Waals surface area contributed by atoms with Gasteiger partial charge in [0.05, 0.1) is 6.61 Å². The Kier molecular flexibility index (Phi) is 3.33. The van der Waals surface area contributed by atoms with E-state index in [1.807, 2.05) is 0 Å². The van der Waals surface area contributed by atoms with Crippen molar-refractivity contribution in [3.05, 3.63) is 27.1 Å². The first-order chi connectivity index (χ1) is 5.66. The van der Waals surface area contributed by atoms with Crippen molar-refractivity contribution in [2.24, 2.45) is 0 Å². The summed E-state index contributed by atoms with van der Waals surface area (Å²) in [6.45, 7) is -0.258. The molecule has 5 heteroatoms. The second-order valence-electron chi connectivity index (χ2n) is 2.16. The van der Waals surface area contributed by atoms with Gasteiger partial charge in [-0.05, 0) is 22.6 Å². The molecule has 0 aliphatic carbocycles. The van der Waals surface area contributed by atoms with E-state index >= 15 is 0 Å². The summed E-state index contributed by atoms with van der Waals surface area (Å²) in [5.74, 6) is 0. The fraction of sp³-hybridized carbons (Fsp3) is 0.286. The lowest BCUT2D eigenvalue weighted by Gasteiger charge is -2.05. The topological polar surface area (TPSA) is 33.1 Å². The fourth-order valence-electron chi connectivity index (χ4n) is 0.769. The van der Waals surface area contributed by atoms with E-state index in [-0.39, 0.29) is 12.2 Å². The van der Waals surface area contributed by atoms with Gasteiger partial charge in [-0.15, -0.1) is 0 Å². The Hall–Kier alpha value is -0.300. The van der Waals surface area contributed by atoms with Crippen molar-refractivity contribution in [2.45, 2.75) is 13.0 Å². The SMILES string of the molecule is OCc1cncc(C(F)F)c1I. The highest BCUT2D eigenvalue weighted by Crippen LogP contribution is 2.25. The Balaban J connectivity index is 3.14. The van der Waals surface area contributed by atoms with Crippen LogP contribution in [0.15, 0.2) is 12.4 Å². The van der Waals surface area contributed by atoms with Gasteiger partial charge in [0.15, 0.2) is 0 Å². The summed E-state index contributed by atoms with van der Waals surface area (Å²) in [5, 5.41) is 8.73. The molecule has 1 heterocycles. The molecule has 1 aromatic heterocycles. The average molecular weight is 285 g/mol. The number of hydrogen-bond donors (Lipinski definition) is 1. The highest BCUT2D eigenvalue weighted by Gasteiger charge is 2.13. The molecular weight excluding hydrogens is 279 g/mol. The van der Waals surface area contributed by atoms with E-state index in [1.54, 1.807) is 22.6 Å². The summed E-state index contributed by atoms with van der Waals surface area (Å²) in [6.07, 6.45) is -0.0323. The Morgan fingerprint density at radius 3 is 2.67 bits per heavy atom. The molecule has 2 nitrogen and oxygen atoms in total. The molecule has 0 bridgehead atoms. The van der Waals surface area contributed by atoms with Crippen LogP contribution in [0.4, 0.5) is 8.78 Å². The molecule has 12 heavy (non-hydrogen) atoms. The third-order valence-corrected chi connectivity index (χ3v) is 2.70. The van der Waals surface area contributed by atoms with E-state index in [9.17, 15) is 8.78 Å². The zero-order valence-corrected chi connectivity index (χ0v) is 8.12. The van der Waals surface area contributed by atoms with Crippen LogP contribution in [0, 0.1) is 3.57 Å². The number of halogens is 3. The van der Waals surface area contributed by atoms with Crippen LogP contribution in [0.25, 0.3) is 0 Å². The Morgan fingerprint density at radius 2 is 2.17 bits per heavy atom. The predicted octanol–water partition coefficient (Wildman–Crippen LogP) is 2.12. The summed E-state index contributed by atoms with van der Waals surface area (Å²) >= 11 is 1.78. The van der Waals surface area contributed by atoms with Crippen LogP contribution in [-0.2, 0) is 6.61 Å². The second-order valence-corrected chi connectivity index (χ2v) is 3.24. The normalized spacial score (nSPS) is 10.8. The molecule has 1 aromatic rings. The zero-order chi connectivity index (χ0) is 9.14. The summed E-state index contributed by atoms with van der Waals surface area (Å²) in [5.41, 5.74) is 0.315. The van der Waals surface area contributed by atoms with Crippen LogP contribution in [0.3, 0.4) is 0 Å². The lowest BCUT2D eigenvalue weighted by molar-refractivity contribution is 0.149. The largest absolute Gasteiger partial charge is 0.392 e. The molecule has 0 saturated carbocycles. The van der Waals surface area contributed by atoms with Gasteiger partial charge in [-0.1, -0.05) is 0 Å². The van der Waals surface area contributed by atoms with Crippen molar-refractivity contribution in [3.8, 4) is 0 Å². The van der Waals surface area contributed by atoms with Gasteiger partial charge >= 0.3 is 0 Å². The van der Waals surface area contributed by atoms with Gasteiger partial charge in [-0.25, -0.2) is 8.78 Å². The predicted molar refractivity (Wildman–Crippen MR) is 47.8 cm³/mol. The highest BCUT2D eigenvalue weighted by atomic mass is 127.